The minimum Gasteiger partial charge on any atom is -0.493 e. The molecule has 2 saturated carbocycles. The average Bonchev–Trinajstić information content (AvgIpc) is 4.30. The summed E-state index contributed by atoms with van der Waals surface area (Å²) in [6.07, 6.45) is 11.7. The topological polar surface area (TPSA) is 142 Å². The van der Waals surface area contributed by atoms with Crippen LogP contribution in [0.25, 0.3) is 44.5 Å². The van der Waals surface area contributed by atoms with Gasteiger partial charge in [0.2, 0.25) is 23.0 Å². The number of aliphatic imine (C=N–C) groups is 2. The SMILES string of the molecule is COc1cc(-c2cc(-c3cc(OC)c(OC)c(OC)c3)cc(N3C[C@H](C4CCCCC4)N=C3C3=N[C@@H](C4CCCCC4)CN3c3cc(-c4cc(OC)c(OC)c(OC)c4)cc(-c4cc(OC)c(OC)c(OC)c4)c3)c2)cc(OC)c1OC. The molecule has 0 radical (unpaired) electrons. The minimum atomic E-state index is 0.0170. The van der Waals surface area contributed by atoms with Gasteiger partial charge in [-0.1, -0.05) is 38.5 Å². The van der Waals surface area contributed by atoms with Gasteiger partial charge in [0.15, 0.2) is 57.7 Å². The highest BCUT2D eigenvalue weighted by atomic mass is 16.5. The molecule has 0 bridgehead atoms. The fourth-order valence-electron chi connectivity index (χ4n) is 12.6. The summed E-state index contributed by atoms with van der Waals surface area (Å²) in [6, 6.07) is 29.3. The summed E-state index contributed by atoms with van der Waals surface area (Å²) in [5, 5.41) is 0. The highest BCUT2D eigenvalue weighted by molar-refractivity contribution is 6.50. The maximum atomic E-state index is 5.95. The van der Waals surface area contributed by atoms with Gasteiger partial charge >= 0.3 is 0 Å². The highest BCUT2D eigenvalue weighted by Crippen LogP contribution is 2.49. The van der Waals surface area contributed by atoms with Crippen LogP contribution in [-0.2, 0) is 0 Å². The summed E-state index contributed by atoms with van der Waals surface area (Å²) in [5.74, 6) is 8.85. The van der Waals surface area contributed by atoms with Gasteiger partial charge in [-0.2, -0.15) is 0 Å². The molecule has 2 atom stereocenters. The van der Waals surface area contributed by atoms with E-state index >= 15 is 0 Å². The maximum Gasteiger partial charge on any atom is 0.203 e. The van der Waals surface area contributed by atoms with Crippen molar-refractivity contribution in [3.63, 3.8) is 0 Å². The standard InChI is InChI=1S/C66H78N4O12/c1-71-53-29-45(30-54(72-2)61(53)79-9)41-23-42(46-31-55(73-3)62(80-10)56(32-46)74-4)26-49(25-41)69-37-51(39-19-15-13-16-20-39)67-65(69)66-68-52(40-21-17-14-18-22-40)38-70(66)50-27-43(47-33-57(75-5)63(81-11)58(34-47)76-6)24-44(28-50)48-35-59(77-7)64(82-12)60(36-48)78-8/h23-36,39-40,51-52H,13-22,37-38H2,1-12H3/t51-,52-/m1/s1. The van der Waals surface area contributed by atoms with Crippen LogP contribution in [0.5, 0.6) is 69.0 Å². The molecule has 2 heterocycles. The fourth-order valence-corrected chi connectivity index (χ4v) is 12.6. The molecule has 0 spiro atoms. The second-order valence-electron chi connectivity index (χ2n) is 21.3. The van der Waals surface area contributed by atoms with Crippen molar-refractivity contribution in [2.75, 3.05) is 108 Å². The molecule has 2 aliphatic carbocycles. The molecule has 82 heavy (non-hydrogen) atoms. The van der Waals surface area contributed by atoms with Crippen LogP contribution in [0.2, 0.25) is 0 Å². The van der Waals surface area contributed by atoms with Crippen LogP contribution in [-0.4, -0.2) is 122 Å². The molecule has 6 aromatic rings. The first-order valence-electron chi connectivity index (χ1n) is 28.3. The Balaban J connectivity index is 1.21. The van der Waals surface area contributed by atoms with Crippen LogP contribution in [0.15, 0.2) is 94.9 Å². The lowest BCUT2D eigenvalue weighted by Crippen LogP contribution is -2.42. The third-order valence-electron chi connectivity index (χ3n) is 16.9. The van der Waals surface area contributed by atoms with Gasteiger partial charge < -0.3 is 66.6 Å². The van der Waals surface area contributed by atoms with Crippen LogP contribution < -0.4 is 66.6 Å². The molecule has 2 aliphatic heterocycles. The van der Waals surface area contributed by atoms with Crippen molar-refractivity contribution in [3.8, 4) is 114 Å². The highest BCUT2D eigenvalue weighted by Gasteiger charge is 2.42. The Kier molecular flexibility index (Phi) is 17.6. The summed E-state index contributed by atoms with van der Waals surface area (Å²) in [4.78, 5) is 16.7. The summed E-state index contributed by atoms with van der Waals surface area (Å²) >= 11 is 0. The molecular weight excluding hydrogens is 1040 g/mol. The van der Waals surface area contributed by atoms with Gasteiger partial charge in [-0.3, -0.25) is 9.98 Å². The van der Waals surface area contributed by atoms with E-state index in [0.717, 1.165) is 93.2 Å². The molecule has 16 nitrogen and oxygen atoms in total. The Morgan fingerprint density at radius 1 is 0.280 bits per heavy atom. The van der Waals surface area contributed by atoms with E-state index in [-0.39, 0.29) is 12.1 Å². The van der Waals surface area contributed by atoms with E-state index in [0.29, 0.717) is 93.9 Å². The number of nitrogens with zero attached hydrogens (tertiary/aromatic N) is 4. The van der Waals surface area contributed by atoms with Gasteiger partial charge in [0, 0.05) is 24.5 Å². The quantitative estimate of drug-likeness (QED) is 0.0674. The van der Waals surface area contributed by atoms with E-state index < -0.39 is 0 Å². The predicted molar refractivity (Wildman–Crippen MR) is 324 cm³/mol. The van der Waals surface area contributed by atoms with Gasteiger partial charge in [0.1, 0.15) is 0 Å². The summed E-state index contributed by atoms with van der Waals surface area (Å²) in [5.41, 5.74) is 9.02. The molecule has 10 rings (SSSR count). The average molecular weight is 1120 g/mol. The number of rotatable bonds is 21. The van der Waals surface area contributed by atoms with Crippen LogP contribution in [0.3, 0.4) is 0 Å². The largest absolute Gasteiger partial charge is 0.493 e. The van der Waals surface area contributed by atoms with Crippen molar-refractivity contribution in [2.45, 2.75) is 76.3 Å². The van der Waals surface area contributed by atoms with E-state index in [1.165, 1.54) is 38.5 Å². The van der Waals surface area contributed by atoms with Crippen molar-refractivity contribution in [1.82, 2.24) is 0 Å². The molecule has 0 N–H and O–H groups in total. The Hall–Kier alpha value is -8.14. The van der Waals surface area contributed by atoms with Crippen LogP contribution >= 0.6 is 0 Å². The van der Waals surface area contributed by atoms with Crippen molar-refractivity contribution in [2.24, 2.45) is 21.8 Å². The molecule has 0 aromatic heterocycles. The molecule has 0 unspecified atom stereocenters. The molecule has 434 valence electrons. The zero-order chi connectivity index (χ0) is 57.6. The van der Waals surface area contributed by atoms with E-state index in [1.54, 1.807) is 85.3 Å². The first-order valence-corrected chi connectivity index (χ1v) is 28.3. The Bertz CT molecular complexity index is 2850. The molecule has 0 saturated heterocycles. The third-order valence-corrected chi connectivity index (χ3v) is 16.9. The molecular formula is C66H78N4O12. The lowest BCUT2D eigenvalue weighted by molar-refractivity contribution is 0.315. The fraction of sp³-hybridized carbons (Fsp3) is 0.424. The monoisotopic (exact) mass is 1120 g/mol. The molecule has 0 amide bonds. The lowest BCUT2D eigenvalue weighted by atomic mass is 9.84. The number of hydrogen-bond donors (Lipinski definition) is 0. The smallest absolute Gasteiger partial charge is 0.203 e. The normalized spacial score (nSPS) is 17.4. The maximum absolute atomic E-state index is 5.95. The first kappa shape index (κ1) is 57.1. The van der Waals surface area contributed by atoms with Crippen molar-refractivity contribution in [1.29, 1.82) is 0 Å². The molecule has 16 heteroatoms. The van der Waals surface area contributed by atoms with Crippen LogP contribution in [0, 0.1) is 11.8 Å². The van der Waals surface area contributed by atoms with Gasteiger partial charge in [0.25, 0.3) is 0 Å². The second kappa shape index (κ2) is 25.3. The Labute approximate surface area is 482 Å². The van der Waals surface area contributed by atoms with E-state index in [9.17, 15) is 0 Å². The Morgan fingerprint density at radius 3 is 0.707 bits per heavy atom. The summed E-state index contributed by atoms with van der Waals surface area (Å²) in [7, 11) is 19.6. The van der Waals surface area contributed by atoms with Gasteiger partial charge in [-0.15, -0.1) is 0 Å². The zero-order valence-electron chi connectivity index (χ0n) is 49.6. The Morgan fingerprint density at radius 2 is 0.500 bits per heavy atom. The number of anilines is 2. The predicted octanol–water partition coefficient (Wildman–Crippen LogP) is 13.5. The molecule has 6 aromatic carbocycles. The van der Waals surface area contributed by atoms with Gasteiger partial charge in [-0.25, -0.2) is 0 Å². The number of amidine groups is 2. The lowest BCUT2D eigenvalue weighted by Gasteiger charge is -2.29. The molecule has 2 fully saturated rings. The van der Waals surface area contributed by atoms with E-state index in [2.05, 4.69) is 46.2 Å². The number of methoxy groups -OCH3 is 12. The van der Waals surface area contributed by atoms with Crippen LogP contribution in [0.1, 0.15) is 64.2 Å². The van der Waals surface area contributed by atoms with Gasteiger partial charge in [-0.05, 0) is 167 Å². The second-order valence-corrected chi connectivity index (χ2v) is 21.3. The minimum absolute atomic E-state index is 0.0170. The van der Waals surface area contributed by atoms with Crippen LogP contribution in [0.4, 0.5) is 11.4 Å². The number of ether oxygens (including phenoxy) is 12. The van der Waals surface area contributed by atoms with Crippen molar-refractivity contribution in [3.05, 3.63) is 84.9 Å². The third kappa shape index (κ3) is 11.2. The number of hydrogen-bond acceptors (Lipinski definition) is 16. The molecule has 4 aliphatic rings. The van der Waals surface area contributed by atoms with Crippen molar-refractivity contribution < 1.29 is 56.8 Å². The summed E-state index contributed by atoms with van der Waals surface area (Å²) < 4.78 is 70.9. The first-order chi connectivity index (χ1) is 40.0. The zero-order valence-corrected chi connectivity index (χ0v) is 49.6. The van der Waals surface area contributed by atoms with E-state index in [1.807, 2.05) is 48.5 Å². The van der Waals surface area contributed by atoms with Gasteiger partial charge in [0.05, 0.1) is 97.4 Å². The number of benzene rings is 6. The summed E-state index contributed by atoms with van der Waals surface area (Å²) in [6.45, 7) is 1.33. The van der Waals surface area contributed by atoms with E-state index in [4.69, 9.17) is 66.8 Å². The van der Waals surface area contributed by atoms with Crippen molar-refractivity contribution >= 4 is 23.0 Å².